The molecule has 3 aromatic rings. The molecule has 0 radical (unpaired) electrons. The van der Waals surface area contributed by atoms with Crippen LogP contribution in [0, 0.1) is 17.2 Å². The molecule has 2 unspecified atom stereocenters. The van der Waals surface area contributed by atoms with Crippen molar-refractivity contribution >= 4 is 75.8 Å². The summed E-state index contributed by atoms with van der Waals surface area (Å²) < 4.78 is 75.8. The molecule has 3 aliphatic rings. The van der Waals surface area contributed by atoms with E-state index in [0.29, 0.717) is 53.3 Å². The maximum Gasteiger partial charge on any atom is 0.419 e. The predicted molar refractivity (Wildman–Crippen MR) is 218 cm³/mol. The number of halogens is 7. The number of carbonyl (C=O) groups is 4. The number of nitriles is 1. The SMILES string of the molecule is CC(F)(F)c1cc([SH]2NN(c3cnc(C#N)c(C(F)(F)F)c3)C(=O)C2(C)C)ccc1OCCC1CCN(CC(=O)Nc2cc(Cl)cc(NC3CCC(=O)NC3=O)c2)CC1.Cl. The molecule has 2 aromatic carbocycles. The third-order valence-electron chi connectivity index (χ3n) is 10.3. The highest BCUT2D eigenvalue weighted by atomic mass is 35.5. The Morgan fingerprint density at radius 2 is 1.75 bits per heavy atom. The second-order valence-electron chi connectivity index (χ2n) is 15.2. The van der Waals surface area contributed by atoms with E-state index in [-0.39, 0.29) is 61.1 Å². The van der Waals surface area contributed by atoms with Gasteiger partial charge in [-0.25, -0.2) is 18.8 Å². The molecule has 0 bridgehead atoms. The number of rotatable bonds is 12. The Kier molecular flexibility index (Phi) is 14.3. The normalized spacial score (nSPS) is 20.5. The Bertz CT molecular complexity index is 2180. The monoisotopic (exact) mass is 900 g/mol. The number of hydrazine groups is 1. The van der Waals surface area contributed by atoms with Crippen LogP contribution < -0.4 is 30.5 Å². The molecule has 6 rings (SSSR count). The number of likely N-dealkylation sites (tertiary alicyclic amines) is 1. The first-order valence-corrected chi connectivity index (χ1v) is 20.4. The van der Waals surface area contributed by atoms with Crippen molar-refractivity contribution in [1.82, 2.24) is 20.0 Å². The molecule has 60 heavy (non-hydrogen) atoms. The highest BCUT2D eigenvalue weighted by Gasteiger charge is 2.48. The van der Waals surface area contributed by atoms with E-state index < -0.39 is 62.6 Å². The zero-order valence-corrected chi connectivity index (χ0v) is 35.1. The molecule has 0 saturated carbocycles. The van der Waals surface area contributed by atoms with Crippen LogP contribution in [0.25, 0.3) is 0 Å². The Morgan fingerprint density at radius 3 is 2.40 bits per heavy atom. The summed E-state index contributed by atoms with van der Waals surface area (Å²) in [5.74, 6) is -4.78. The maximum atomic E-state index is 15.1. The Balaban J connectivity index is 0.00000683. The van der Waals surface area contributed by atoms with E-state index in [1.165, 1.54) is 18.2 Å². The van der Waals surface area contributed by atoms with E-state index in [2.05, 4.69) is 25.8 Å². The summed E-state index contributed by atoms with van der Waals surface area (Å²) in [7, 11) is 0. The number of imide groups is 1. The highest BCUT2D eigenvalue weighted by molar-refractivity contribution is 8.17. The number of anilines is 3. The number of aromatic nitrogens is 1. The summed E-state index contributed by atoms with van der Waals surface area (Å²) in [6, 6.07) is 10.5. The quantitative estimate of drug-likeness (QED) is 0.0719. The lowest BCUT2D eigenvalue weighted by atomic mass is 9.94. The lowest BCUT2D eigenvalue weighted by Gasteiger charge is -2.31. The minimum absolute atomic E-state index is 0. The van der Waals surface area contributed by atoms with Crippen molar-refractivity contribution in [3.05, 3.63) is 70.5 Å². The van der Waals surface area contributed by atoms with Gasteiger partial charge in [0, 0.05) is 34.6 Å². The van der Waals surface area contributed by atoms with Gasteiger partial charge in [-0.05, 0) is 101 Å². The Morgan fingerprint density at radius 1 is 1.05 bits per heavy atom. The van der Waals surface area contributed by atoms with Crippen LogP contribution in [0.1, 0.15) is 69.7 Å². The number of ether oxygens (including phenoxy) is 1. The van der Waals surface area contributed by atoms with Crippen molar-refractivity contribution < 1.29 is 45.9 Å². The average molecular weight is 902 g/mol. The number of thiol groups is 1. The Hall–Kier alpha value is -4.74. The largest absolute Gasteiger partial charge is 0.493 e. The lowest BCUT2D eigenvalue weighted by molar-refractivity contribution is -0.138. The third-order valence-corrected chi connectivity index (χ3v) is 13.1. The number of alkyl halides is 5. The summed E-state index contributed by atoms with van der Waals surface area (Å²) in [6.45, 7) is 5.40. The second kappa shape index (κ2) is 18.5. The van der Waals surface area contributed by atoms with Crippen LogP contribution in [0.2, 0.25) is 5.02 Å². The number of benzene rings is 2. The van der Waals surface area contributed by atoms with Gasteiger partial charge in [0.25, 0.3) is 11.8 Å². The van der Waals surface area contributed by atoms with E-state index in [1.807, 2.05) is 4.90 Å². The molecular weight excluding hydrogens is 858 g/mol. The molecule has 4 amide bonds. The summed E-state index contributed by atoms with van der Waals surface area (Å²) in [6.07, 6.45) is -1.32. The molecule has 13 nitrogen and oxygen atoms in total. The first-order chi connectivity index (χ1) is 27.7. The van der Waals surface area contributed by atoms with Crippen molar-refractivity contribution in [1.29, 1.82) is 5.26 Å². The summed E-state index contributed by atoms with van der Waals surface area (Å²) in [5, 5.41) is 18.6. The molecule has 324 valence electrons. The van der Waals surface area contributed by atoms with E-state index in [0.717, 1.165) is 31.0 Å². The number of amides is 4. The Labute approximate surface area is 356 Å². The van der Waals surface area contributed by atoms with Crippen molar-refractivity contribution in [3.8, 4) is 11.8 Å². The molecule has 21 heteroatoms. The fourth-order valence-corrected chi connectivity index (χ4v) is 9.58. The maximum absolute atomic E-state index is 15.1. The molecular formula is C39H43Cl2F5N8O5S. The van der Waals surface area contributed by atoms with Crippen molar-refractivity contribution in [3.63, 3.8) is 0 Å². The molecule has 3 aliphatic heterocycles. The highest BCUT2D eigenvalue weighted by Crippen LogP contribution is 2.53. The number of nitrogens with one attached hydrogen (secondary N) is 4. The average Bonchev–Trinajstić information content (AvgIpc) is 3.39. The molecule has 0 aliphatic carbocycles. The van der Waals surface area contributed by atoms with Crippen molar-refractivity contribution in [2.75, 3.05) is 41.9 Å². The van der Waals surface area contributed by atoms with Gasteiger partial charge in [-0.3, -0.25) is 29.4 Å². The number of piperidine rings is 2. The minimum Gasteiger partial charge on any atom is -0.493 e. The molecule has 4 N–H and O–H groups in total. The zero-order chi connectivity index (χ0) is 42.9. The van der Waals surface area contributed by atoms with Gasteiger partial charge >= 0.3 is 6.18 Å². The number of hydrogen-bond acceptors (Lipinski definition) is 10. The van der Waals surface area contributed by atoms with Gasteiger partial charge in [-0.1, -0.05) is 11.6 Å². The summed E-state index contributed by atoms with van der Waals surface area (Å²) in [5.41, 5.74) is -1.85. The molecule has 3 saturated heterocycles. The number of pyridine rings is 1. The smallest absolute Gasteiger partial charge is 0.419 e. The fourth-order valence-electron chi connectivity index (χ4n) is 7.15. The first kappa shape index (κ1) is 46.3. The van der Waals surface area contributed by atoms with Gasteiger partial charge in [0.15, 0.2) is 5.69 Å². The third kappa shape index (κ3) is 10.8. The van der Waals surface area contributed by atoms with Crippen LogP contribution in [0.5, 0.6) is 5.75 Å². The van der Waals surface area contributed by atoms with E-state index >= 15 is 8.78 Å². The van der Waals surface area contributed by atoms with Crippen LogP contribution >= 0.6 is 35.1 Å². The van der Waals surface area contributed by atoms with Crippen molar-refractivity contribution in [2.24, 2.45) is 5.92 Å². The van der Waals surface area contributed by atoms with Crippen molar-refractivity contribution in [2.45, 2.75) is 80.7 Å². The van der Waals surface area contributed by atoms with Gasteiger partial charge in [-0.2, -0.15) is 23.3 Å². The topological polar surface area (TPSA) is 169 Å². The molecule has 1 aromatic heterocycles. The van der Waals surface area contributed by atoms with Gasteiger partial charge in [-0.15, -0.1) is 23.5 Å². The molecule has 2 atom stereocenters. The zero-order valence-electron chi connectivity index (χ0n) is 32.6. The van der Waals surface area contributed by atoms with Crippen LogP contribution in [0.4, 0.5) is 39.0 Å². The molecule has 0 spiro atoms. The van der Waals surface area contributed by atoms with Crippen LogP contribution in [0.15, 0.2) is 53.6 Å². The van der Waals surface area contributed by atoms with Gasteiger partial charge in [0.1, 0.15) is 17.9 Å². The van der Waals surface area contributed by atoms with Crippen LogP contribution in [-0.4, -0.2) is 70.5 Å². The van der Waals surface area contributed by atoms with E-state index in [1.54, 1.807) is 38.1 Å². The predicted octanol–water partition coefficient (Wildman–Crippen LogP) is 7.10. The van der Waals surface area contributed by atoms with Crippen LogP contribution in [-0.2, 0) is 31.3 Å². The van der Waals surface area contributed by atoms with E-state index in [9.17, 15) is 32.3 Å². The van der Waals surface area contributed by atoms with Gasteiger partial charge in [0.05, 0.1) is 40.9 Å². The van der Waals surface area contributed by atoms with Crippen LogP contribution in [0.3, 0.4) is 0 Å². The number of hydrogen-bond donors (Lipinski definition) is 5. The van der Waals surface area contributed by atoms with Gasteiger partial charge in [0.2, 0.25) is 17.7 Å². The summed E-state index contributed by atoms with van der Waals surface area (Å²) in [4.78, 5) is 58.9. The number of carbonyl (C=O) groups excluding carboxylic acids is 4. The fraction of sp³-hybridized carbons (Fsp3) is 0.436. The minimum atomic E-state index is -4.90. The molecule has 4 heterocycles. The van der Waals surface area contributed by atoms with E-state index in [4.69, 9.17) is 21.6 Å². The lowest BCUT2D eigenvalue weighted by Crippen LogP contribution is -2.47. The first-order valence-electron chi connectivity index (χ1n) is 18.7. The second-order valence-corrected chi connectivity index (χ2v) is 18.1. The standard InChI is InChI=1S/C39H42ClF5N8O5S.ClH/c1-37(2)36(57)53(26-17-28(39(43,44)45)31(19-46)47-20-26)51-59(37)27-4-6-32(29(18-27)38(3,41)42)58-13-10-22-8-11-52(12-9-22)21-34(55)49-25-15-23(40)14-24(16-25)48-30-5-7-33(54)50-35(30)56;/h4,6,14-18,20,22,30,48,51,59H,5,7-13,21H2,1-3H3,(H,49,55)(H,50,54,56);1H. The molecule has 3 fully saturated rings. The van der Waals surface area contributed by atoms with Gasteiger partial charge < -0.3 is 15.4 Å². The number of nitrogens with zero attached hydrogens (tertiary/aromatic N) is 4. The summed E-state index contributed by atoms with van der Waals surface area (Å²) >= 11 is 4.50.